The molecule has 2 nitrogen and oxygen atoms in total. The van der Waals surface area contributed by atoms with Crippen molar-refractivity contribution in [3.05, 3.63) is 114 Å². The van der Waals surface area contributed by atoms with Gasteiger partial charge in [-0.05, 0) is 62.7 Å². The van der Waals surface area contributed by atoms with E-state index in [0.29, 0.717) is 5.92 Å². The first kappa shape index (κ1) is 28.5. The smallest absolute Gasteiger partial charge is 0.123 e. The second-order valence-electron chi connectivity index (χ2n) is 12.3. The largest absolute Gasteiger partial charge is 0.305 e. The Balaban J connectivity index is 0.000000212. The summed E-state index contributed by atoms with van der Waals surface area (Å²) in [6.45, 7) is 12.7. The van der Waals surface area contributed by atoms with E-state index in [1.807, 2.05) is 50.5 Å². The first-order valence-corrected chi connectivity index (χ1v) is 18.8. The summed E-state index contributed by atoms with van der Waals surface area (Å²) in [5, 5.41) is 3.21. The predicted octanol–water partition coefficient (Wildman–Crippen LogP) is 10.7. The van der Waals surface area contributed by atoms with Gasteiger partial charge >= 0.3 is 0 Å². The maximum atomic E-state index is 13.6. The van der Waals surface area contributed by atoms with Gasteiger partial charge in [-0.1, -0.05) is 82.8 Å². The SMILES string of the molecule is CC(C)c1ccnc(-c2[c-]ccc3c2sc2ccc(F)cc23)c1.[2H]C([2H])([2H])c1c[c-]c(-c2cc(C([2H])(C)C)c([Si](C)(C)C)cn2)cc1.[Ir]. The van der Waals surface area contributed by atoms with Crippen molar-refractivity contribution >= 4 is 44.8 Å². The third-order valence-corrected chi connectivity index (χ3v) is 10.7. The fraction of sp³-hybridized carbons (Fsp3) is 0.263. The second kappa shape index (κ2) is 14.0. The number of fused-ring (bicyclic) bond motifs is 3. The van der Waals surface area contributed by atoms with Crippen LogP contribution in [0.5, 0.6) is 0 Å². The Hall–Kier alpha value is -3.02. The van der Waals surface area contributed by atoms with Gasteiger partial charge in [0.05, 0.1) is 8.07 Å². The average molecular weight is 799 g/mol. The van der Waals surface area contributed by atoms with E-state index in [-0.39, 0.29) is 31.5 Å². The van der Waals surface area contributed by atoms with E-state index in [4.69, 9.17) is 5.48 Å². The number of aryl methyl sites for hydroxylation is 1. The average Bonchev–Trinajstić information content (AvgIpc) is 3.38. The van der Waals surface area contributed by atoms with E-state index in [0.717, 1.165) is 48.3 Å². The molecule has 3 aromatic heterocycles. The number of pyridine rings is 2. The van der Waals surface area contributed by atoms with Crippen LogP contribution in [0, 0.1) is 24.8 Å². The molecule has 0 unspecified atom stereocenters. The maximum absolute atomic E-state index is 13.6. The number of benzene rings is 3. The summed E-state index contributed by atoms with van der Waals surface area (Å²) in [5.41, 5.74) is 5.90. The monoisotopic (exact) mass is 799 g/mol. The Bertz CT molecular complexity index is 2050. The quantitative estimate of drug-likeness (QED) is 0.128. The van der Waals surface area contributed by atoms with E-state index < -0.39 is 20.8 Å². The summed E-state index contributed by atoms with van der Waals surface area (Å²) < 4.78 is 46.6. The minimum absolute atomic E-state index is 0. The second-order valence-corrected chi connectivity index (χ2v) is 18.4. The van der Waals surface area contributed by atoms with Crippen molar-refractivity contribution in [2.75, 3.05) is 0 Å². The number of aromatic nitrogens is 2. The van der Waals surface area contributed by atoms with Gasteiger partial charge in [0.15, 0.2) is 0 Å². The summed E-state index contributed by atoms with van der Waals surface area (Å²) in [5.74, 6) is -0.467. The van der Waals surface area contributed by atoms with E-state index in [9.17, 15) is 4.39 Å². The number of hydrogen-bond donors (Lipinski definition) is 0. The molecule has 0 aliphatic rings. The minimum Gasteiger partial charge on any atom is -0.305 e. The van der Waals surface area contributed by atoms with Gasteiger partial charge in [-0.15, -0.1) is 59.2 Å². The summed E-state index contributed by atoms with van der Waals surface area (Å²) >= 11 is 1.67. The van der Waals surface area contributed by atoms with Gasteiger partial charge in [0.25, 0.3) is 0 Å². The fourth-order valence-electron chi connectivity index (χ4n) is 5.05. The standard InChI is InChI=1S/C20H15FNS.C18H24NSi.Ir/c1-12(2)13-8-9-22-18(10-13)16-5-3-4-15-17-11-14(21)6-7-19(17)23-20(15)16;1-13(2)16-11-17(15-9-7-14(3)8-10-15)19-12-18(16)20(4,5)6;/h3-4,6-12H,1-2H3;7-9,11-13H,1-6H3;/q2*-1;/i;3D3,13D;. The van der Waals surface area contributed by atoms with Crippen LogP contribution in [0.4, 0.5) is 4.39 Å². The summed E-state index contributed by atoms with van der Waals surface area (Å²) in [4.78, 5) is 9.09. The normalized spacial score (nSPS) is 13.4. The van der Waals surface area contributed by atoms with Crippen LogP contribution in [-0.4, -0.2) is 18.0 Å². The van der Waals surface area contributed by atoms with Crippen molar-refractivity contribution in [1.29, 1.82) is 0 Å². The Labute approximate surface area is 285 Å². The molecule has 0 aliphatic carbocycles. The summed E-state index contributed by atoms with van der Waals surface area (Å²) in [6, 6.07) is 26.2. The molecule has 0 saturated carbocycles. The van der Waals surface area contributed by atoms with Crippen LogP contribution in [0.2, 0.25) is 19.6 Å². The van der Waals surface area contributed by atoms with Gasteiger partial charge < -0.3 is 9.97 Å². The Morgan fingerprint density at radius 3 is 2.36 bits per heavy atom. The maximum Gasteiger partial charge on any atom is 0.123 e. The summed E-state index contributed by atoms with van der Waals surface area (Å²) in [7, 11) is -1.61. The molecule has 229 valence electrons. The van der Waals surface area contributed by atoms with Crippen molar-refractivity contribution in [2.24, 2.45) is 0 Å². The van der Waals surface area contributed by atoms with Gasteiger partial charge in [0.2, 0.25) is 0 Å². The third-order valence-electron chi connectivity index (χ3n) is 7.44. The summed E-state index contributed by atoms with van der Waals surface area (Å²) in [6.07, 6.45) is 3.74. The number of nitrogens with zero attached hydrogens (tertiary/aromatic N) is 2. The van der Waals surface area contributed by atoms with Crippen molar-refractivity contribution < 1.29 is 30.0 Å². The van der Waals surface area contributed by atoms with Crippen LogP contribution in [0.3, 0.4) is 0 Å². The molecule has 6 rings (SSSR count). The van der Waals surface area contributed by atoms with Crippen LogP contribution >= 0.6 is 11.3 Å². The molecule has 6 aromatic rings. The number of thiophene rings is 1. The third kappa shape index (κ3) is 7.43. The molecule has 0 saturated heterocycles. The fourth-order valence-corrected chi connectivity index (χ4v) is 7.82. The molecule has 44 heavy (non-hydrogen) atoms. The van der Waals surface area contributed by atoms with Crippen LogP contribution in [0.25, 0.3) is 42.7 Å². The molecule has 0 amide bonds. The molecular formula is C38H39FIrN2SSi-2. The van der Waals surface area contributed by atoms with Gasteiger partial charge in [0.1, 0.15) is 5.82 Å². The van der Waals surface area contributed by atoms with Crippen molar-refractivity contribution in [1.82, 2.24) is 9.97 Å². The van der Waals surface area contributed by atoms with Gasteiger partial charge in [-0.3, -0.25) is 0 Å². The Morgan fingerprint density at radius 1 is 0.909 bits per heavy atom. The molecular weight excluding hydrogens is 756 g/mol. The zero-order chi connectivity index (χ0) is 34.3. The van der Waals surface area contributed by atoms with Gasteiger partial charge in [-0.25, -0.2) is 4.39 Å². The zero-order valence-electron chi connectivity index (χ0n) is 30.1. The topological polar surface area (TPSA) is 25.8 Å². The van der Waals surface area contributed by atoms with E-state index in [1.54, 1.807) is 29.5 Å². The van der Waals surface area contributed by atoms with Crippen molar-refractivity contribution in [2.45, 2.75) is 66.0 Å². The van der Waals surface area contributed by atoms with Crippen LogP contribution in [0.15, 0.2) is 79.1 Å². The molecule has 1 radical (unpaired) electrons. The van der Waals surface area contributed by atoms with Gasteiger partial charge in [-0.2, -0.15) is 11.3 Å². The van der Waals surface area contributed by atoms with Crippen LogP contribution < -0.4 is 5.19 Å². The van der Waals surface area contributed by atoms with E-state index in [1.165, 1.54) is 22.9 Å². The Kier molecular flexibility index (Phi) is 9.02. The molecule has 0 N–H and O–H groups in total. The first-order valence-electron chi connectivity index (χ1n) is 16.5. The number of hydrogen-bond acceptors (Lipinski definition) is 3. The predicted molar refractivity (Wildman–Crippen MR) is 186 cm³/mol. The molecule has 0 fully saturated rings. The van der Waals surface area contributed by atoms with E-state index in [2.05, 4.69) is 67.7 Å². The Morgan fingerprint density at radius 2 is 1.70 bits per heavy atom. The number of halogens is 1. The molecule has 0 bridgehead atoms. The molecule has 0 aliphatic heterocycles. The molecule has 6 heteroatoms. The first-order chi connectivity index (χ1) is 21.9. The molecule has 3 aromatic carbocycles. The zero-order valence-corrected chi connectivity index (χ0v) is 30.3. The van der Waals surface area contributed by atoms with Crippen molar-refractivity contribution in [3.63, 3.8) is 0 Å². The van der Waals surface area contributed by atoms with Gasteiger partial charge in [0, 0.05) is 42.7 Å². The molecule has 0 atom stereocenters. The van der Waals surface area contributed by atoms with Crippen LogP contribution in [-0.2, 0) is 20.1 Å². The van der Waals surface area contributed by atoms with E-state index >= 15 is 0 Å². The van der Waals surface area contributed by atoms with Crippen molar-refractivity contribution in [3.8, 4) is 22.5 Å². The number of rotatable bonds is 5. The molecule has 3 heterocycles. The van der Waals surface area contributed by atoms with Crippen LogP contribution in [0.1, 0.15) is 61.7 Å². The molecule has 0 spiro atoms. The minimum atomic E-state index is -2.13.